The Morgan fingerprint density at radius 3 is 2.00 bits per heavy atom. The van der Waals surface area contributed by atoms with Crippen LogP contribution in [0.3, 0.4) is 0 Å². The van der Waals surface area contributed by atoms with Crippen LogP contribution < -0.4 is 0 Å². The first-order valence-electron chi connectivity index (χ1n) is 4.93. The maximum atomic E-state index is 9.97. The van der Waals surface area contributed by atoms with Crippen LogP contribution >= 0.6 is 7.82 Å². The molecule has 0 aromatic carbocycles. The Balaban J connectivity index is 0. The second kappa shape index (κ2) is 12.0. The van der Waals surface area contributed by atoms with Crippen LogP contribution in [0.1, 0.15) is 19.8 Å². The summed E-state index contributed by atoms with van der Waals surface area (Å²) < 4.78 is 18.8. The van der Waals surface area contributed by atoms with Gasteiger partial charge in [-0.15, -0.1) is 0 Å². The van der Waals surface area contributed by atoms with Crippen molar-refractivity contribution in [3.63, 3.8) is 0 Å². The summed E-state index contributed by atoms with van der Waals surface area (Å²) in [4.78, 5) is 31.5. The van der Waals surface area contributed by atoms with E-state index in [1.54, 1.807) is 0 Å². The molecule has 9 heteroatoms. The molecule has 17 heavy (non-hydrogen) atoms. The lowest BCUT2D eigenvalue weighted by molar-refractivity contribution is -0.142. The highest BCUT2D eigenvalue weighted by Gasteiger charge is 2.00. The third-order valence-electron chi connectivity index (χ3n) is 1.24. The molecule has 4 N–H and O–H groups in total. The fourth-order valence-corrected chi connectivity index (χ4v) is 0.626. The quantitative estimate of drug-likeness (QED) is 0.358. The van der Waals surface area contributed by atoms with Gasteiger partial charge in [0, 0.05) is 6.61 Å². The number of carbonyl (C=O) groups is 1. The van der Waals surface area contributed by atoms with Crippen LogP contribution in [0.5, 0.6) is 0 Å². The zero-order valence-electron chi connectivity index (χ0n) is 9.61. The van der Waals surface area contributed by atoms with E-state index in [9.17, 15) is 4.79 Å². The van der Waals surface area contributed by atoms with E-state index in [2.05, 4.69) is 6.92 Å². The molecule has 0 amide bonds. The van der Waals surface area contributed by atoms with E-state index in [-0.39, 0.29) is 6.61 Å². The fourth-order valence-electron chi connectivity index (χ4n) is 0.626. The van der Waals surface area contributed by atoms with Gasteiger partial charge in [-0.1, -0.05) is 13.3 Å². The van der Waals surface area contributed by atoms with Gasteiger partial charge >= 0.3 is 13.8 Å². The smallest absolute Gasteiger partial charge is 0.466 e. The van der Waals surface area contributed by atoms with Crippen molar-refractivity contribution in [2.24, 2.45) is 0 Å². The number of carboxylic acid groups (broad SMARTS) is 1. The average Bonchev–Trinajstić information content (AvgIpc) is 2.13. The van der Waals surface area contributed by atoms with Crippen LogP contribution in [0.4, 0.5) is 0 Å². The van der Waals surface area contributed by atoms with Gasteiger partial charge < -0.3 is 29.3 Å². The molecule has 0 saturated heterocycles. The first kappa shape index (κ1) is 18.9. The summed E-state index contributed by atoms with van der Waals surface area (Å²) in [5.74, 6) is -0.941. The Kier molecular flexibility index (Phi) is 13.3. The molecule has 0 aliphatic rings. The molecule has 0 fully saturated rings. The minimum Gasteiger partial charge on any atom is -0.480 e. The summed E-state index contributed by atoms with van der Waals surface area (Å²) in [7, 11) is -4.64. The Morgan fingerprint density at radius 2 is 1.59 bits per heavy atom. The normalized spacial score (nSPS) is 10.6. The van der Waals surface area contributed by atoms with E-state index in [4.69, 9.17) is 33.8 Å². The van der Waals surface area contributed by atoms with Gasteiger partial charge in [-0.3, -0.25) is 0 Å². The highest BCUT2D eigenvalue weighted by atomic mass is 31.2. The number of aliphatic carboxylic acids is 1. The van der Waals surface area contributed by atoms with Crippen molar-refractivity contribution < 1.29 is 38.6 Å². The molecular formula is C8H19O8P. The second-order valence-electron chi connectivity index (χ2n) is 2.93. The van der Waals surface area contributed by atoms with Gasteiger partial charge in [-0.05, 0) is 6.42 Å². The van der Waals surface area contributed by atoms with Gasteiger partial charge in [-0.25, -0.2) is 9.36 Å². The molecule has 0 saturated carbocycles. The van der Waals surface area contributed by atoms with Gasteiger partial charge in [0.1, 0.15) is 6.61 Å². The van der Waals surface area contributed by atoms with Crippen LogP contribution in [0.25, 0.3) is 0 Å². The number of phosphoric acid groups is 1. The standard InChI is InChI=1S/C8H16O4.H3O4P/c1-2-3-4-11-5-6-12-7-8(9)10;1-5(2,3)4/h2-7H2,1H3,(H,9,10);(H3,1,2,3,4). The summed E-state index contributed by atoms with van der Waals surface area (Å²) in [6.07, 6.45) is 2.15. The lowest BCUT2D eigenvalue weighted by atomic mass is 10.4. The molecule has 0 aliphatic carbocycles. The Bertz CT molecular complexity index is 217. The lowest BCUT2D eigenvalue weighted by Gasteiger charge is -2.02. The number of rotatable bonds is 8. The van der Waals surface area contributed by atoms with Crippen molar-refractivity contribution in [3.8, 4) is 0 Å². The first-order valence-corrected chi connectivity index (χ1v) is 6.49. The number of carboxylic acids is 1. The Morgan fingerprint density at radius 1 is 1.12 bits per heavy atom. The summed E-state index contributed by atoms with van der Waals surface area (Å²) in [6, 6.07) is 0. The molecule has 0 atom stereocenters. The van der Waals surface area contributed by atoms with Gasteiger partial charge in [0.25, 0.3) is 0 Å². The zero-order chi connectivity index (χ0) is 13.7. The third-order valence-corrected chi connectivity index (χ3v) is 1.24. The highest BCUT2D eigenvalue weighted by molar-refractivity contribution is 7.45. The van der Waals surface area contributed by atoms with Crippen molar-refractivity contribution in [2.75, 3.05) is 26.4 Å². The molecule has 0 bridgehead atoms. The van der Waals surface area contributed by atoms with Crippen molar-refractivity contribution >= 4 is 13.8 Å². The van der Waals surface area contributed by atoms with Crippen LogP contribution in [0.15, 0.2) is 0 Å². The van der Waals surface area contributed by atoms with Gasteiger partial charge in [0.2, 0.25) is 0 Å². The maximum Gasteiger partial charge on any atom is 0.466 e. The van der Waals surface area contributed by atoms with E-state index in [1.165, 1.54) is 0 Å². The topological polar surface area (TPSA) is 134 Å². The summed E-state index contributed by atoms with van der Waals surface area (Å²) in [5, 5.41) is 8.19. The van der Waals surface area contributed by atoms with Crippen molar-refractivity contribution in [3.05, 3.63) is 0 Å². The van der Waals surface area contributed by atoms with Crippen LogP contribution in [-0.4, -0.2) is 52.2 Å². The first-order chi connectivity index (χ1) is 7.77. The second-order valence-corrected chi connectivity index (χ2v) is 3.95. The molecule has 0 radical (unpaired) electrons. The number of hydrogen-bond acceptors (Lipinski definition) is 4. The predicted octanol–water partition coefficient (Wildman–Crippen LogP) is -0.0243. The molecule has 104 valence electrons. The van der Waals surface area contributed by atoms with Crippen molar-refractivity contribution in [1.29, 1.82) is 0 Å². The van der Waals surface area contributed by atoms with Crippen molar-refractivity contribution in [1.82, 2.24) is 0 Å². The predicted molar refractivity (Wildman–Crippen MR) is 58.4 cm³/mol. The van der Waals surface area contributed by atoms with E-state index in [0.29, 0.717) is 13.2 Å². The van der Waals surface area contributed by atoms with E-state index < -0.39 is 13.8 Å². The molecule has 0 spiro atoms. The summed E-state index contributed by atoms with van der Waals surface area (Å²) >= 11 is 0. The highest BCUT2D eigenvalue weighted by Crippen LogP contribution is 2.25. The number of ether oxygens (including phenoxy) is 2. The van der Waals surface area contributed by atoms with Crippen LogP contribution in [-0.2, 0) is 18.8 Å². The lowest BCUT2D eigenvalue weighted by Crippen LogP contribution is -2.11. The fraction of sp³-hybridized carbons (Fsp3) is 0.875. The number of hydrogen-bond donors (Lipinski definition) is 4. The molecular weight excluding hydrogens is 255 g/mol. The molecule has 0 aliphatic heterocycles. The summed E-state index contributed by atoms with van der Waals surface area (Å²) in [5.41, 5.74) is 0. The average molecular weight is 274 g/mol. The third kappa shape index (κ3) is 39.1. The summed E-state index contributed by atoms with van der Waals surface area (Å²) in [6.45, 7) is 3.41. The van der Waals surface area contributed by atoms with E-state index in [1.807, 2.05) is 0 Å². The molecule has 0 aromatic rings. The van der Waals surface area contributed by atoms with Crippen LogP contribution in [0, 0.1) is 0 Å². The van der Waals surface area contributed by atoms with Crippen molar-refractivity contribution in [2.45, 2.75) is 19.8 Å². The molecule has 0 unspecified atom stereocenters. The monoisotopic (exact) mass is 274 g/mol. The molecule has 0 rings (SSSR count). The molecule has 8 nitrogen and oxygen atoms in total. The Hall–Kier alpha value is -0.500. The van der Waals surface area contributed by atoms with Gasteiger partial charge in [0.05, 0.1) is 13.2 Å². The zero-order valence-corrected chi connectivity index (χ0v) is 10.5. The Labute approximate surface area is 99.4 Å². The maximum absolute atomic E-state index is 9.97. The largest absolute Gasteiger partial charge is 0.480 e. The SMILES string of the molecule is CCCCOCCOCC(=O)O.O=P(O)(O)O. The van der Waals surface area contributed by atoms with Crippen LogP contribution in [0.2, 0.25) is 0 Å². The number of unbranched alkanes of at least 4 members (excludes halogenated alkanes) is 1. The van der Waals surface area contributed by atoms with E-state index in [0.717, 1.165) is 19.4 Å². The minimum absolute atomic E-state index is 0.239. The minimum atomic E-state index is -4.64. The molecule has 0 heterocycles. The van der Waals surface area contributed by atoms with Gasteiger partial charge in [-0.2, -0.15) is 0 Å². The van der Waals surface area contributed by atoms with Gasteiger partial charge in [0.15, 0.2) is 0 Å². The van der Waals surface area contributed by atoms with E-state index >= 15 is 0 Å². The molecule has 0 aromatic heterocycles.